The predicted molar refractivity (Wildman–Crippen MR) is 69.1 cm³/mol. The standard InChI is InChI=1S/C12H13ClFNO2S/c13-8-5-9(10(16)15-6-8)12(14)3-4-18(17)11(7-12)1-2-11/h5-6H,1-4,7H2,(H,15,16)/t12-,18?/m0/s1. The Bertz CT molecular complexity index is 584. The lowest BCUT2D eigenvalue weighted by molar-refractivity contribution is 0.132. The number of aromatic amines is 1. The van der Waals surface area contributed by atoms with E-state index in [1.807, 2.05) is 0 Å². The monoisotopic (exact) mass is 289 g/mol. The molecule has 1 saturated heterocycles. The van der Waals surface area contributed by atoms with Crippen molar-refractivity contribution in [3.63, 3.8) is 0 Å². The van der Waals surface area contributed by atoms with E-state index in [0.717, 1.165) is 12.8 Å². The van der Waals surface area contributed by atoms with E-state index in [2.05, 4.69) is 4.98 Å². The molecule has 2 aliphatic rings. The molecule has 1 N–H and O–H groups in total. The Balaban J connectivity index is 2.02. The molecule has 2 atom stereocenters. The average Bonchev–Trinajstić information content (AvgIpc) is 3.08. The molecule has 1 aliphatic carbocycles. The van der Waals surface area contributed by atoms with Crippen LogP contribution in [-0.4, -0.2) is 19.7 Å². The summed E-state index contributed by atoms with van der Waals surface area (Å²) < 4.78 is 26.5. The van der Waals surface area contributed by atoms with Crippen LogP contribution in [-0.2, 0) is 16.5 Å². The van der Waals surface area contributed by atoms with E-state index < -0.39 is 22.0 Å². The first-order valence-electron chi connectivity index (χ1n) is 5.91. The lowest BCUT2D eigenvalue weighted by Crippen LogP contribution is -2.41. The quantitative estimate of drug-likeness (QED) is 0.862. The Kier molecular flexibility index (Phi) is 2.68. The van der Waals surface area contributed by atoms with Gasteiger partial charge in [-0.15, -0.1) is 0 Å². The Morgan fingerprint density at radius 2 is 2.11 bits per heavy atom. The third-order valence-corrected chi connectivity index (χ3v) is 6.24. The molecule has 0 amide bonds. The lowest BCUT2D eigenvalue weighted by Gasteiger charge is -2.34. The number of hydrogen-bond acceptors (Lipinski definition) is 2. The zero-order chi connectivity index (χ0) is 13.0. The molecule has 0 bridgehead atoms. The number of nitrogens with one attached hydrogen (secondary N) is 1. The predicted octanol–water partition coefficient (Wildman–Crippen LogP) is 2.27. The van der Waals surface area contributed by atoms with Crippen LogP contribution >= 0.6 is 11.6 Å². The van der Waals surface area contributed by atoms with Crippen LogP contribution in [0.5, 0.6) is 0 Å². The van der Waals surface area contributed by atoms with Crippen LogP contribution in [0, 0.1) is 0 Å². The molecule has 1 aliphatic heterocycles. The van der Waals surface area contributed by atoms with Gasteiger partial charge in [0, 0.05) is 33.9 Å². The van der Waals surface area contributed by atoms with E-state index in [4.69, 9.17) is 11.6 Å². The number of hydrogen-bond donors (Lipinski definition) is 1. The number of alkyl halides is 1. The Labute approximate surface area is 111 Å². The van der Waals surface area contributed by atoms with E-state index in [-0.39, 0.29) is 23.2 Å². The first kappa shape index (κ1) is 12.4. The van der Waals surface area contributed by atoms with Crippen molar-refractivity contribution in [3.05, 3.63) is 33.2 Å². The Morgan fingerprint density at radius 3 is 2.78 bits per heavy atom. The highest BCUT2D eigenvalue weighted by atomic mass is 35.5. The zero-order valence-electron chi connectivity index (χ0n) is 9.67. The van der Waals surface area contributed by atoms with Crippen molar-refractivity contribution in [2.75, 3.05) is 5.75 Å². The van der Waals surface area contributed by atoms with Crippen molar-refractivity contribution in [1.82, 2.24) is 4.98 Å². The number of aromatic nitrogens is 1. The Morgan fingerprint density at radius 1 is 1.39 bits per heavy atom. The fraction of sp³-hybridized carbons (Fsp3) is 0.583. The topological polar surface area (TPSA) is 49.9 Å². The van der Waals surface area contributed by atoms with Gasteiger partial charge in [0.25, 0.3) is 5.56 Å². The van der Waals surface area contributed by atoms with Gasteiger partial charge in [-0.05, 0) is 25.3 Å². The van der Waals surface area contributed by atoms with Gasteiger partial charge in [-0.2, -0.15) is 0 Å². The van der Waals surface area contributed by atoms with Gasteiger partial charge in [0.15, 0.2) is 0 Å². The molecule has 1 aromatic rings. The van der Waals surface area contributed by atoms with Gasteiger partial charge in [-0.25, -0.2) is 4.39 Å². The summed E-state index contributed by atoms with van der Waals surface area (Å²) in [5, 5.41) is 0.318. The van der Waals surface area contributed by atoms with E-state index in [1.165, 1.54) is 12.3 Å². The number of halogens is 2. The van der Waals surface area contributed by atoms with Crippen LogP contribution in [0.4, 0.5) is 4.39 Å². The van der Waals surface area contributed by atoms with E-state index in [9.17, 15) is 9.00 Å². The average molecular weight is 290 g/mol. The van der Waals surface area contributed by atoms with Crippen molar-refractivity contribution in [1.29, 1.82) is 0 Å². The van der Waals surface area contributed by atoms with Gasteiger partial charge in [-0.3, -0.25) is 9.00 Å². The van der Waals surface area contributed by atoms with Crippen LogP contribution in [0.3, 0.4) is 0 Å². The first-order chi connectivity index (χ1) is 8.45. The molecule has 3 rings (SSSR count). The van der Waals surface area contributed by atoms with Crippen molar-refractivity contribution in [2.24, 2.45) is 0 Å². The third-order valence-electron chi connectivity index (χ3n) is 3.93. The number of rotatable bonds is 1. The molecule has 3 nitrogen and oxygen atoms in total. The summed E-state index contributed by atoms with van der Waals surface area (Å²) in [7, 11) is -0.957. The maximum atomic E-state index is 15.0. The van der Waals surface area contributed by atoms with E-state index in [0.29, 0.717) is 10.8 Å². The van der Waals surface area contributed by atoms with Gasteiger partial charge in [0.2, 0.25) is 0 Å². The molecule has 1 unspecified atom stereocenters. The van der Waals surface area contributed by atoms with Gasteiger partial charge in [-0.1, -0.05) is 11.6 Å². The van der Waals surface area contributed by atoms with Crippen molar-refractivity contribution >= 4 is 22.4 Å². The summed E-state index contributed by atoms with van der Waals surface area (Å²) in [4.78, 5) is 14.2. The Hall–Kier alpha value is -0.680. The molecule has 0 radical (unpaired) electrons. The fourth-order valence-corrected chi connectivity index (χ4v) is 4.77. The van der Waals surface area contributed by atoms with Crippen LogP contribution in [0.1, 0.15) is 31.2 Å². The second kappa shape index (κ2) is 3.90. The lowest BCUT2D eigenvalue weighted by atomic mass is 9.88. The molecule has 18 heavy (non-hydrogen) atoms. The maximum Gasteiger partial charge on any atom is 0.254 e. The number of pyridine rings is 1. The largest absolute Gasteiger partial charge is 0.327 e. The number of H-pyrrole nitrogens is 1. The molecule has 2 fully saturated rings. The molecule has 6 heteroatoms. The van der Waals surface area contributed by atoms with Gasteiger partial charge in [0.1, 0.15) is 5.67 Å². The highest BCUT2D eigenvalue weighted by Gasteiger charge is 2.58. The van der Waals surface area contributed by atoms with E-state index >= 15 is 4.39 Å². The summed E-state index contributed by atoms with van der Waals surface area (Å²) in [6.07, 6.45) is 3.25. The van der Waals surface area contributed by atoms with Gasteiger partial charge >= 0.3 is 0 Å². The molecule has 98 valence electrons. The third kappa shape index (κ3) is 1.84. The highest BCUT2D eigenvalue weighted by molar-refractivity contribution is 7.86. The molecule has 1 aromatic heterocycles. The van der Waals surface area contributed by atoms with Gasteiger partial charge in [0.05, 0.1) is 10.6 Å². The molecular formula is C12H13ClFNO2S. The van der Waals surface area contributed by atoms with Crippen LogP contribution < -0.4 is 5.56 Å². The minimum absolute atomic E-state index is 0.0815. The van der Waals surface area contributed by atoms with Crippen LogP contribution in [0.2, 0.25) is 5.02 Å². The molecular weight excluding hydrogens is 277 g/mol. The second-order valence-corrected chi connectivity index (χ2v) is 7.59. The normalized spacial score (nSPS) is 33.6. The zero-order valence-corrected chi connectivity index (χ0v) is 11.2. The van der Waals surface area contributed by atoms with Crippen molar-refractivity contribution in [3.8, 4) is 0 Å². The SMILES string of the molecule is O=c1[nH]cc(Cl)cc1[C@]1(F)CCS(=O)C2(CC2)C1. The summed E-state index contributed by atoms with van der Waals surface area (Å²) in [6, 6.07) is 1.39. The minimum Gasteiger partial charge on any atom is -0.327 e. The smallest absolute Gasteiger partial charge is 0.254 e. The van der Waals surface area contributed by atoms with Crippen LogP contribution in [0.15, 0.2) is 17.1 Å². The van der Waals surface area contributed by atoms with Crippen molar-refractivity contribution < 1.29 is 8.60 Å². The first-order valence-corrected chi connectivity index (χ1v) is 7.61. The molecule has 0 aromatic carbocycles. The highest BCUT2D eigenvalue weighted by Crippen LogP contribution is 2.55. The van der Waals surface area contributed by atoms with Crippen molar-refractivity contribution in [2.45, 2.75) is 36.1 Å². The molecule has 1 spiro atoms. The molecule has 1 saturated carbocycles. The summed E-state index contributed by atoms with van der Waals surface area (Å²) in [5.74, 6) is 0.322. The maximum absolute atomic E-state index is 15.0. The summed E-state index contributed by atoms with van der Waals surface area (Å²) in [6.45, 7) is 0. The molecule has 2 heterocycles. The second-order valence-electron chi connectivity index (χ2n) is 5.19. The van der Waals surface area contributed by atoms with Crippen LogP contribution in [0.25, 0.3) is 0 Å². The van der Waals surface area contributed by atoms with Gasteiger partial charge < -0.3 is 4.98 Å². The minimum atomic E-state index is -1.69. The summed E-state index contributed by atoms with van der Waals surface area (Å²) >= 11 is 5.82. The summed E-state index contributed by atoms with van der Waals surface area (Å²) in [5.41, 5.74) is -2.05. The fourth-order valence-electron chi connectivity index (χ4n) is 2.71. The van der Waals surface area contributed by atoms with E-state index in [1.54, 1.807) is 0 Å².